The molecule has 302 valence electrons. The van der Waals surface area contributed by atoms with E-state index in [0.29, 0.717) is 25.9 Å². The third-order valence-corrected chi connectivity index (χ3v) is 8.51. The smallest absolute Gasteiger partial charge is 0.363 e. The largest absolute Gasteiger partial charge is 4.00 e. The Labute approximate surface area is 346 Å². The minimum Gasteiger partial charge on any atom is -0.363 e. The van der Waals surface area contributed by atoms with Gasteiger partial charge in [-0.3, -0.25) is 21.7 Å². The van der Waals surface area contributed by atoms with Crippen molar-refractivity contribution in [2.24, 2.45) is 11.8 Å². The van der Waals surface area contributed by atoms with Crippen molar-refractivity contribution in [2.45, 2.75) is 132 Å². The van der Waals surface area contributed by atoms with E-state index in [2.05, 4.69) is 38.2 Å². The summed E-state index contributed by atoms with van der Waals surface area (Å²) in [5.74, 6) is -3.71. The van der Waals surface area contributed by atoms with Gasteiger partial charge in [0.05, 0.1) is 0 Å². The first-order chi connectivity index (χ1) is 26.0. The Morgan fingerprint density at radius 3 is 1.22 bits per heavy atom. The van der Waals surface area contributed by atoms with E-state index in [1.807, 2.05) is 78.0 Å². The molecule has 0 aromatic heterocycles. The van der Waals surface area contributed by atoms with Crippen LogP contribution in [0.5, 0.6) is 0 Å². The van der Waals surface area contributed by atoms with Crippen LogP contribution in [0.15, 0.2) is 60.7 Å². The summed E-state index contributed by atoms with van der Waals surface area (Å²) in [6, 6.07) is 8.93. The molecule has 0 saturated carbocycles. The summed E-state index contributed by atoms with van der Waals surface area (Å²) < 4.78 is 53.8. The number of benzene rings is 2. The predicted octanol–water partition coefficient (Wildman–Crippen LogP) is 13.1. The Balaban J connectivity index is 0. The number of hydrogen-bond acceptors (Lipinski definition) is 2. The second kappa shape index (κ2) is 34.1. The van der Waals surface area contributed by atoms with Crippen LogP contribution in [0.25, 0.3) is 0 Å². The average molecular weight is 801 g/mol. The van der Waals surface area contributed by atoms with Gasteiger partial charge in [-0.25, -0.2) is 41.9 Å². The van der Waals surface area contributed by atoms with Crippen LogP contribution in [0, 0.1) is 59.4 Å². The van der Waals surface area contributed by atoms with E-state index in [9.17, 15) is 27.2 Å². The Hall–Kier alpha value is -3.23. The monoisotopic (exact) mass is 800 g/mol. The summed E-state index contributed by atoms with van der Waals surface area (Å²) >= 11 is 0. The van der Waals surface area contributed by atoms with E-state index in [1.54, 1.807) is 0 Å². The van der Waals surface area contributed by atoms with Crippen LogP contribution in [0.2, 0.25) is 0 Å². The van der Waals surface area contributed by atoms with Crippen molar-refractivity contribution in [3.05, 3.63) is 108 Å². The van der Waals surface area contributed by atoms with Gasteiger partial charge in [-0.1, -0.05) is 93.9 Å². The molecule has 0 N–H and O–H groups in total. The number of allylic oxidation sites excluding steroid dienone is 8. The van der Waals surface area contributed by atoms with Crippen molar-refractivity contribution in [3.8, 4) is 0 Å². The molecule has 2 aromatic carbocycles. The summed E-state index contributed by atoms with van der Waals surface area (Å²) in [5, 5.41) is 0. The zero-order valence-corrected chi connectivity index (χ0v) is 36.1. The molecule has 2 aromatic rings. The van der Waals surface area contributed by atoms with Crippen molar-refractivity contribution in [3.63, 3.8) is 0 Å². The molecule has 2 atom stereocenters. The fourth-order valence-electron chi connectivity index (χ4n) is 4.94. The normalized spacial score (nSPS) is 12.7. The quantitative estimate of drug-likeness (QED) is 0.0734. The Kier molecular flexibility index (Phi) is 33.4. The van der Waals surface area contributed by atoms with Crippen molar-refractivity contribution >= 4 is 23.2 Å². The third-order valence-electron chi connectivity index (χ3n) is 8.51. The summed E-state index contributed by atoms with van der Waals surface area (Å²) in [6.07, 6.45) is 29.4. The molecule has 2 aliphatic rings. The number of amides is 2. The molecule has 0 spiro atoms. The second-order valence-electron chi connectivity index (χ2n) is 12.7. The topological polar surface area (TPSA) is 40.6 Å². The average Bonchev–Trinajstić information content (AvgIpc) is 3.97. The third kappa shape index (κ3) is 22.8. The van der Waals surface area contributed by atoms with E-state index in [1.165, 1.54) is 21.9 Å². The van der Waals surface area contributed by atoms with E-state index < -0.39 is 23.3 Å². The van der Waals surface area contributed by atoms with Crippen LogP contribution in [0.4, 0.5) is 28.9 Å². The molecule has 2 unspecified atom stereocenters. The molecule has 55 heavy (non-hydrogen) atoms. The summed E-state index contributed by atoms with van der Waals surface area (Å²) in [4.78, 5) is 27.7. The molecule has 0 aliphatic heterocycles. The van der Waals surface area contributed by atoms with Crippen molar-refractivity contribution in [2.75, 3.05) is 22.9 Å². The number of unbranched alkanes of at least 4 members (excludes halogenated alkanes) is 6. The van der Waals surface area contributed by atoms with E-state index >= 15 is 0 Å². The summed E-state index contributed by atoms with van der Waals surface area (Å²) in [5.41, 5.74) is 0.247. The van der Waals surface area contributed by atoms with Gasteiger partial charge < -0.3 is 9.80 Å². The van der Waals surface area contributed by atoms with Crippen LogP contribution in [0.1, 0.15) is 132 Å². The first kappa shape index (κ1) is 53.9. The molecular formula is C46H64F4N2O2Ti. The van der Waals surface area contributed by atoms with Gasteiger partial charge in [-0.05, 0) is 37.1 Å². The molecule has 4 nitrogen and oxygen atoms in total. The second-order valence-corrected chi connectivity index (χ2v) is 12.7. The fraction of sp³-hybridized carbons (Fsp3) is 0.522. The van der Waals surface area contributed by atoms with Crippen molar-refractivity contribution < 1.29 is 48.9 Å². The maximum absolute atomic E-state index is 13.9. The molecule has 0 bridgehead atoms. The van der Waals surface area contributed by atoms with Gasteiger partial charge in [0.1, 0.15) is 0 Å². The number of nitrogens with zero attached hydrogens (tertiary/aromatic N) is 2. The first-order valence-electron chi connectivity index (χ1n) is 19.8. The SMILES string of the molecule is CC.CCCCCCN(C(=O)C(C)CC)c1ccc(F)[c-]c1F.CCCCCCN(C(=O)C(C)CC)c1ccc(F)[c-]c1F.[C-]1=CC=CC1.[C-]1=CC=CC1.[Ti+4]. The number of rotatable bonds is 16. The maximum Gasteiger partial charge on any atom is 4.00 e. The van der Waals surface area contributed by atoms with E-state index in [-0.39, 0.29) is 56.7 Å². The molecule has 2 aliphatic carbocycles. The number of carbonyl (C=O) groups is 2. The fourth-order valence-corrected chi connectivity index (χ4v) is 4.94. The molecular weight excluding hydrogens is 736 g/mol. The molecule has 9 heteroatoms. The summed E-state index contributed by atoms with van der Waals surface area (Å²) in [6.45, 7) is 16.6. The molecule has 4 rings (SSSR count). The van der Waals surface area contributed by atoms with Gasteiger partial charge in [0.15, 0.2) is 0 Å². The zero-order chi connectivity index (χ0) is 40.7. The Bertz CT molecular complexity index is 1320. The van der Waals surface area contributed by atoms with Crippen LogP contribution in [0.3, 0.4) is 0 Å². The van der Waals surface area contributed by atoms with Gasteiger partial charge in [0, 0.05) is 48.2 Å². The van der Waals surface area contributed by atoms with Crippen LogP contribution >= 0.6 is 0 Å². The minimum absolute atomic E-state index is 0. The molecule has 0 saturated heterocycles. The van der Waals surface area contributed by atoms with Crippen LogP contribution in [-0.4, -0.2) is 24.9 Å². The number of anilines is 2. The minimum atomic E-state index is -0.804. The van der Waals surface area contributed by atoms with Gasteiger partial charge in [-0.2, -0.15) is 12.2 Å². The molecule has 0 radical (unpaired) electrons. The Morgan fingerprint density at radius 1 is 0.618 bits per heavy atom. The summed E-state index contributed by atoms with van der Waals surface area (Å²) in [7, 11) is 0. The molecule has 0 fully saturated rings. The maximum atomic E-state index is 13.9. The number of hydrogen-bond donors (Lipinski definition) is 0. The first-order valence-corrected chi connectivity index (χ1v) is 19.8. The Morgan fingerprint density at radius 2 is 0.982 bits per heavy atom. The van der Waals surface area contributed by atoms with Crippen LogP contribution < -0.4 is 9.80 Å². The van der Waals surface area contributed by atoms with Crippen molar-refractivity contribution in [1.29, 1.82) is 0 Å². The van der Waals surface area contributed by atoms with E-state index in [4.69, 9.17) is 0 Å². The number of carbonyl (C=O) groups excluding carboxylic acids is 2. The van der Waals surface area contributed by atoms with E-state index in [0.717, 1.165) is 76.3 Å². The molecule has 0 heterocycles. The zero-order valence-electron chi connectivity index (χ0n) is 34.6. The van der Waals surface area contributed by atoms with Gasteiger partial charge in [0.2, 0.25) is 11.8 Å². The van der Waals surface area contributed by atoms with Gasteiger partial charge in [0.25, 0.3) is 0 Å². The van der Waals surface area contributed by atoms with Crippen LogP contribution in [-0.2, 0) is 31.3 Å². The molecule has 2 amide bonds. The van der Waals surface area contributed by atoms with Gasteiger partial charge >= 0.3 is 21.7 Å². The standard InChI is InChI=1S/2C17H24F2NO.2C5H5.C2H6.Ti/c2*1-4-6-7-8-11-20(17(21)13(3)5-2)16-10-9-14(18)12-15(16)19;2*1-2-4-5-3-1;1-2;/h2*9-10,13H,4-8,11H2,1-3H3;2*1-3H,4H2;1-2H3;/q4*-1;;+4. The van der Waals surface area contributed by atoms with Gasteiger partial charge in [-0.15, -0.1) is 49.2 Å². The van der Waals surface area contributed by atoms with Crippen molar-refractivity contribution in [1.82, 2.24) is 0 Å². The number of halogens is 4. The predicted molar refractivity (Wildman–Crippen MR) is 217 cm³/mol.